The van der Waals surface area contributed by atoms with E-state index in [1.807, 2.05) is 12.1 Å². The maximum absolute atomic E-state index is 5.72. The highest BCUT2D eigenvalue weighted by Gasteiger charge is 2.24. The maximum atomic E-state index is 5.72. The third-order valence-electron chi connectivity index (χ3n) is 3.95. The van der Waals surface area contributed by atoms with Gasteiger partial charge in [-0.2, -0.15) is 0 Å². The Hall–Kier alpha value is -1.10. The number of nitrogens with two attached hydrogens (primary N) is 1. The molecule has 1 aromatic rings. The lowest BCUT2D eigenvalue weighted by Crippen LogP contribution is -2.31. The second-order valence-corrected chi connectivity index (χ2v) is 5.49. The molecule has 4 heteroatoms. The molecule has 1 aliphatic rings. The van der Waals surface area contributed by atoms with E-state index in [-0.39, 0.29) is 0 Å². The van der Waals surface area contributed by atoms with Gasteiger partial charge in [-0.3, -0.25) is 4.90 Å². The van der Waals surface area contributed by atoms with Crippen molar-refractivity contribution < 1.29 is 4.74 Å². The summed E-state index contributed by atoms with van der Waals surface area (Å²) in [6.45, 7) is 3.81. The van der Waals surface area contributed by atoms with E-state index in [0.717, 1.165) is 25.4 Å². The van der Waals surface area contributed by atoms with Crippen LogP contribution in [0.3, 0.4) is 0 Å². The van der Waals surface area contributed by atoms with Gasteiger partial charge >= 0.3 is 0 Å². The topological polar surface area (TPSA) is 41.7 Å². The van der Waals surface area contributed by atoms with E-state index >= 15 is 0 Å². The molecule has 4 nitrogen and oxygen atoms in total. The fraction of sp³-hybridized carbons (Fsp3) is 0.600. The van der Waals surface area contributed by atoms with Crippen LogP contribution in [-0.2, 0) is 13.1 Å². The molecule has 1 heterocycles. The van der Waals surface area contributed by atoms with E-state index in [2.05, 4.69) is 30.0 Å². The fourth-order valence-corrected chi connectivity index (χ4v) is 2.70. The highest BCUT2D eigenvalue weighted by Crippen LogP contribution is 2.24. The molecule has 106 valence electrons. The minimum atomic E-state index is 0.581. The van der Waals surface area contributed by atoms with Gasteiger partial charge in [0.1, 0.15) is 5.75 Å². The van der Waals surface area contributed by atoms with Gasteiger partial charge in [0.15, 0.2) is 0 Å². The first-order valence-electron chi connectivity index (χ1n) is 6.88. The summed E-state index contributed by atoms with van der Waals surface area (Å²) in [7, 11) is 6.04. The number of likely N-dealkylation sites (N-methyl/N-ethyl adjacent to an activating group) is 1. The van der Waals surface area contributed by atoms with Crippen LogP contribution in [0.2, 0.25) is 0 Å². The summed E-state index contributed by atoms with van der Waals surface area (Å²) >= 11 is 0. The first kappa shape index (κ1) is 14.3. The monoisotopic (exact) mass is 263 g/mol. The van der Waals surface area contributed by atoms with Crippen LogP contribution < -0.4 is 10.5 Å². The van der Waals surface area contributed by atoms with E-state index in [4.69, 9.17) is 10.5 Å². The molecule has 1 aliphatic heterocycles. The fourth-order valence-electron chi connectivity index (χ4n) is 2.70. The molecule has 19 heavy (non-hydrogen) atoms. The van der Waals surface area contributed by atoms with Gasteiger partial charge in [-0.1, -0.05) is 6.07 Å². The number of rotatable bonds is 5. The van der Waals surface area contributed by atoms with E-state index in [0.29, 0.717) is 12.6 Å². The van der Waals surface area contributed by atoms with Crippen molar-refractivity contribution in [3.63, 3.8) is 0 Å². The van der Waals surface area contributed by atoms with Crippen LogP contribution >= 0.6 is 0 Å². The Morgan fingerprint density at radius 3 is 2.79 bits per heavy atom. The molecule has 0 aromatic heterocycles. The molecular weight excluding hydrogens is 238 g/mol. The van der Waals surface area contributed by atoms with Crippen LogP contribution in [0.4, 0.5) is 0 Å². The summed E-state index contributed by atoms with van der Waals surface area (Å²) in [4.78, 5) is 4.80. The molecular formula is C15H25N3O. The van der Waals surface area contributed by atoms with Gasteiger partial charge < -0.3 is 15.4 Å². The second-order valence-electron chi connectivity index (χ2n) is 5.49. The van der Waals surface area contributed by atoms with Gasteiger partial charge in [0.25, 0.3) is 0 Å². The zero-order valence-corrected chi connectivity index (χ0v) is 12.2. The van der Waals surface area contributed by atoms with Crippen molar-refractivity contribution in [3.05, 3.63) is 29.3 Å². The molecule has 1 fully saturated rings. The number of hydrogen-bond acceptors (Lipinski definition) is 4. The third-order valence-corrected chi connectivity index (χ3v) is 3.95. The Labute approximate surface area is 116 Å². The lowest BCUT2D eigenvalue weighted by molar-refractivity contribution is 0.262. The first-order chi connectivity index (χ1) is 9.13. The molecule has 0 aliphatic carbocycles. The Balaban J connectivity index is 2.06. The highest BCUT2D eigenvalue weighted by atomic mass is 16.5. The molecule has 0 amide bonds. The zero-order chi connectivity index (χ0) is 13.8. The third kappa shape index (κ3) is 3.47. The van der Waals surface area contributed by atoms with Gasteiger partial charge in [0, 0.05) is 37.8 Å². The standard InChI is InChI=1S/C15H25N3O/c1-17(2)14-6-7-18(11-14)10-13-8-12(9-16)4-5-15(13)19-3/h4-5,8,14H,6-7,9-11,16H2,1-3H3. The summed E-state index contributed by atoms with van der Waals surface area (Å²) in [5.74, 6) is 0.963. The summed E-state index contributed by atoms with van der Waals surface area (Å²) in [5, 5.41) is 0. The molecule has 2 N–H and O–H groups in total. The normalized spacial score (nSPS) is 20.2. The average molecular weight is 263 g/mol. The Morgan fingerprint density at radius 1 is 1.42 bits per heavy atom. The summed E-state index contributed by atoms with van der Waals surface area (Å²) in [5.41, 5.74) is 8.13. The smallest absolute Gasteiger partial charge is 0.123 e. The van der Waals surface area contributed by atoms with Crippen molar-refractivity contribution in [3.8, 4) is 5.75 Å². The van der Waals surface area contributed by atoms with Crippen molar-refractivity contribution in [1.29, 1.82) is 0 Å². The van der Waals surface area contributed by atoms with Crippen molar-refractivity contribution in [2.45, 2.75) is 25.6 Å². The van der Waals surface area contributed by atoms with Crippen molar-refractivity contribution in [1.82, 2.24) is 9.80 Å². The second kappa shape index (κ2) is 6.37. The summed E-state index contributed by atoms with van der Waals surface area (Å²) in [6, 6.07) is 6.90. The van der Waals surface area contributed by atoms with Crippen molar-refractivity contribution in [2.24, 2.45) is 5.73 Å². The molecule has 2 rings (SSSR count). The number of hydrogen-bond donors (Lipinski definition) is 1. The van der Waals surface area contributed by atoms with E-state index in [1.165, 1.54) is 17.5 Å². The van der Waals surface area contributed by atoms with Crippen LogP contribution in [0.1, 0.15) is 17.5 Å². The molecule has 0 spiro atoms. The Morgan fingerprint density at radius 2 is 2.21 bits per heavy atom. The first-order valence-corrected chi connectivity index (χ1v) is 6.88. The van der Waals surface area contributed by atoms with Gasteiger partial charge in [0.05, 0.1) is 7.11 Å². The Kier molecular flexibility index (Phi) is 4.80. The number of ether oxygens (including phenoxy) is 1. The quantitative estimate of drug-likeness (QED) is 0.869. The molecule has 1 unspecified atom stereocenters. The van der Waals surface area contributed by atoms with Crippen LogP contribution in [0.25, 0.3) is 0 Å². The summed E-state index contributed by atoms with van der Waals surface area (Å²) in [6.07, 6.45) is 1.24. The maximum Gasteiger partial charge on any atom is 0.123 e. The molecule has 0 bridgehead atoms. The largest absolute Gasteiger partial charge is 0.496 e. The predicted molar refractivity (Wildman–Crippen MR) is 78.3 cm³/mol. The van der Waals surface area contributed by atoms with E-state index in [1.54, 1.807) is 7.11 Å². The molecule has 0 saturated carbocycles. The van der Waals surface area contributed by atoms with E-state index < -0.39 is 0 Å². The van der Waals surface area contributed by atoms with E-state index in [9.17, 15) is 0 Å². The number of methoxy groups -OCH3 is 1. The van der Waals surface area contributed by atoms with Crippen molar-refractivity contribution in [2.75, 3.05) is 34.3 Å². The number of nitrogens with zero attached hydrogens (tertiary/aromatic N) is 2. The molecule has 1 saturated heterocycles. The molecule has 1 atom stereocenters. The average Bonchev–Trinajstić information content (AvgIpc) is 2.87. The van der Waals surface area contributed by atoms with Crippen LogP contribution in [0.15, 0.2) is 18.2 Å². The van der Waals surface area contributed by atoms with Crippen molar-refractivity contribution >= 4 is 0 Å². The lowest BCUT2D eigenvalue weighted by atomic mass is 10.1. The number of likely N-dealkylation sites (tertiary alicyclic amines) is 1. The minimum Gasteiger partial charge on any atom is -0.496 e. The SMILES string of the molecule is COc1ccc(CN)cc1CN1CCC(N(C)C)C1. The van der Waals surface area contributed by atoms with Crippen LogP contribution in [0, 0.1) is 0 Å². The van der Waals surface area contributed by atoms with Gasteiger partial charge in [-0.15, -0.1) is 0 Å². The highest BCUT2D eigenvalue weighted by molar-refractivity contribution is 5.37. The lowest BCUT2D eigenvalue weighted by Gasteiger charge is -2.21. The summed E-state index contributed by atoms with van der Waals surface area (Å²) < 4.78 is 5.45. The van der Waals surface area contributed by atoms with Crippen LogP contribution in [-0.4, -0.2) is 50.1 Å². The van der Waals surface area contributed by atoms with Gasteiger partial charge in [0.2, 0.25) is 0 Å². The minimum absolute atomic E-state index is 0.581. The van der Waals surface area contributed by atoms with Gasteiger partial charge in [-0.25, -0.2) is 0 Å². The van der Waals surface area contributed by atoms with Gasteiger partial charge in [-0.05, 0) is 38.2 Å². The Bertz CT molecular complexity index is 420. The van der Waals surface area contributed by atoms with Crippen LogP contribution in [0.5, 0.6) is 5.75 Å². The number of benzene rings is 1. The molecule has 1 aromatic carbocycles. The molecule has 0 radical (unpaired) electrons. The zero-order valence-electron chi connectivity index (χ0n) is 12.2. The predicted octanol–water partition coefficient (Wildman–Crippen LogP) is 1.29.